The van der Waals surface area contributed by atoms with Gasteiger partial charge in [0.05, 0.1) is 13.2 Å². The van der Waals surface area contributed by atoms with Crippen molar-refractivity contribution in [2.75, 3.05) is 13.2 Å². The molecule has 0 radical (unpaired) electrons. The van der Waals surface area contributed by atoms with Crippen molar-refractivity contribution in [1.82, 2.24) is 5.32 Å². The summed E-state index contributed by atoms with van der Waals surface area (Å²) in [5, 5.41) is 3.09. The second kappa shape index (κ2) is 5.24. The van der Waals surface area contributed by atoms with Gasteiger partial charge in [-0.3, -0.25) is 4.79 Å². The first-order chi connectivity index (χ1) is 10.3. The van der Waals surface area contributed by atoms with Crippen LogP contribution in [-0.4, -0.2) is 19.1 Å². The molecule has 3 aliphatic rings. The molecule has 1 aromatic carbocycles. The van der Waals surface area contributed by atoms with Crippen molar-refractivity contribution in [3.63, 3.8) is 0 Å². The summed E-state index contributed by atoms with van der Waals surface area (Å²) in [4.78, 5) is 12.2. The van der Waals surface area contributed by atoms with E-state index in [1.807, 2.05) is 18.2 Å². The quantitative estimate of drug-likeness (QED) is 0.929. The molecule has 21 heavy (non-hydrogen) atoms. The lowest BCUT2D eigenvalue weighted by atomic mass is 10.1. The Morgan fingerprint density at radius 2 is 1.95 bits per heavy atom. The van der Waals surface area contributed by atoms with E-state index in [0.717, 1.165) is 23.5 Å². The standard InChI is InChI=1S/C17H21NO3/c19-17(15-12-5-2-6-13(12)15)18-10-11-4-1-7-14-16(11)21-9-3-8-20-14/h1,4,7,12-13,15H,2-3,5-6,8-10H2,(H,18,19). The van der Waals surface area contributed by atoms with Gasteiger partial charge in [0.1, 0.15) is 0 Å². The van der Waals surface area contributed by atoms with E-state index in [2.05, 4.69) is 5.32 Å². The molecule has 0 spiro atoms. The van der Waals surface area contributed by atoms with E-state index < -0.39 is 0 Å². The smallest absolute Gasteiger partial charge is 0.223 e. The zero-order valence-corrected chi connectivity index (χ0v) is 12.1. The molecule has 2 saturated carbocycles. The highest BCUT2D eigenvalue weighted by Crippen LogP contribution is 2.57. The zero-order valence-electron chi connectivity index (χ0n) is 12.1. The fourth-order valence-electron chi connectivity index (χ4n) is 3.90. The van der Waals surface area contributed by atoms with Crippen molar-refractivity contribution in [3.8, 4) is 11.5 Å². The highest BCUT2D eigenvalue weighted by Gasteiger charge is 2.56. The van der Waals surface area contributed by atoms with E-state index in [1.54, 1.807) is 0 Å². The number of carbonyl (C=O) groups excluding carboxylic acids is 1. The van der Waals surface area contributed by atoms with Crippen LogP contribution in [0.15, 0.2) is 18.2 Å². The third-order valence-electron chi connectivity index (χ3n) is 5.02. The van der Waals surface area contributed by atoms with E-state index in [-0.39, 0.29) is 11.8 Å². The topological polar surface area (TPSA) is 47.6 Å². The number of ether oxygens (including phenoxy) is 2. The van der Waals surface area contributed by atoms with Crippen LogP contribution in [0.5, 0.6) is 11.5 Å². The first-order valence-corrected chi connectivity index (χ1v) is 8.00. The Morgan fingerprint density at radius 3 is 2.81 bits per heavy atom. The molecule has 1 aliphatic heterocycles. The third-order valence-corrected chi connectivity index (χ3v) is 5.02. The van der Waals surface area contributed by atoms with E-state index >= 15 is 0 Å². The van der Waals surface area contributed by atoms with Crippen LogP contribution in [-0.2, 0) is 11.3 Å². The number of hydrogen-bond acceptors (Lipinski definition) is 3. The normalized spacial score (nSPS) is 29.4. The van der Waals surface area contributed by atoms with Gasteiger partial charge in [-0.15, -0.1) is 0 Å². The number of nitrogens with one attached hydrogen (secondary N) is 1. The highest BCUT2D eigenvalue weighted by atomic mass is 16.5. The van der Waals surface area contributed by atoms with Gasteiger partial charge in [0, 0.05) is 24.4 Å². The molecule has 2 atom stereocenters. The van der Waals surface area contributed by atoms with Crippen LogP contribution in [0, 0.1) is 17.8 Å². The van der Waals surface area contributed by atoms with E-state index in [9.17, 15) is 4.79 Å². The second-order valence-electron chi connectivity index (χ2n) is 6.30. The van der Waals surface area contributed by atoms with Gasteiger partial charge in [0.25, 0.3) is 0 Å². The molecule has 4 heteroatoms. The van der Waals surface area contributed by atoms with Gasteiger partial charge in [-0.1, -0.05) is 18.6 Å². The molecular formula is C17H21NO3. The molecule has 1 heterocycles. The Morgan fingerprint density at radius 1 is 1.14 bits per heavy atom. The molecule has 0 bridgehead atoms. The highest BCUT2D eigenvalue weighted by molar-refractivity contribution is 5.82. The largest absolute Gasteiger partial charge is 0.490 e. The maximum Gasteiger partial charge on any atom is 0.223 e. The lowest BCUT2D eigenvalue weighted by Gasteiger charge is -2.13. The fraction of sp³-hybridized carbons (Fsp3) is 0.588. The molecular weight excluding hydrogens is 266 g/mol. The molecule has 0 saturated heterocycles. The van der Waals surface area contributed by atoms with Crippen molar-refractivity contribution >= 4 is 5.91 Å². The van der Waals surface area contributed by atoms with Crippen molar-refractivity contribution in [1.29, 1.82) is 0 Å². The van der Waals surface area contributed by atoms with Gasteiger partial charge < -0.3 is 14.8 Å². The van der Waals surface area contributed by atoms with Gasteiger partial charge >= 0.3 is 0 Å². The number of fused-ring (bicyclic) bond motifs is 2. The molecule has 112 valence electrons. The van der Waals surface area contributed by atoms with Gasteiger partial charge in [-0.2, -0.15) is 0 Å². The van der Waals surface area contributed by atoms with E-state index in [0.29, 0.717) is 31.6 Å². The summed E-state index contributed by atoms with van der Waals surface area (Å²) in [6.45, 7) is 1.89. The number of rotatable bonds is 3. The number of para-hydroxylation sites is 1. The number of amides is 1. The van der Waals surface area contributed by atoms with Crippen LogP contribution in [0.3, 0.4) is 0 Å². The van der Waals surface area contributed by atoms with Gasteiger partial charge in [0.2, 0.25) is 5.91 Å². The maximum absolute atomic E-state index is 12.2. The summed E-state index contributed by atoms with van der Waals surface area (Å²) in [6.07, 6.45) is 4.67. The summed E-state index contributed by atoms with van der Waals surface area (Å²) < 4.78 is 11.5. The summed E-state index contributed by atoms with van der Waals surface area (Å²) in [5.74, 6) is 3.42. The first-order valence-electron chi connectivity index (χ1n) is 8.00. The van der Waals surface area contributed by atoms with Crippen molar-refractivity contribution in [2.24, 2.45) is 17.8 Å². The summed E-state index contributed by atoms with van der Waals surface area (Å²) >= 11 is 0. The zero-order chi connectivity index (χ0) is 14.2. The van der Waals surface area contributed by atoms with E-state index in [4.69, 9.17) is 9.47 Å². The minimum atomic E-state index is 0.219. The van der Waals surface area contributed by atoms with Crippen LogP contribution in [0.25, 0.3) is 0 Å². The molecule has 2 fully saturated rings. The van der Waals surface area contributed by atoms with E-state index in [1.165, 1.54) is 19.3 Å². The van der Waals surface area contributed by atoms with Gasteiger partial charge in [-0.25, -0.2) is 0 Å². The van der Waals surface area contributed by atoms with Crippen LogP contribution in [0.1, 0.15) is 31.2 Å². The Bertz CT molecular complexity index is 547. The number of benzene rings is 1. The van der Waals surface area contributed by atoms with Gasteiger partial charge in [-0.05, 0) is 30.7 Å². The van der Waals surface area contributed by atoms with Crippen LogP contribution in [0.4, 0.5) is 0 Å². The van der Waals surface area contributed by atoms with Crippen LogP contribution in [0.2, 0.25) is 0 Å². The maximum atomic E-state index is 12.2. The van der Waals surface area contributed by atoms with Crippen molar-refractivity contribution in [3.05, 3.63) is 23.8 Å². The van der Waals surface area contributed by atoms with Crippen LogP contribution >= 0.6 is 0 Å². The minimum Gasteiger partial charge on any atom is -0.490 e. The Balaban J connectivity index is 1.42. The predicted molar refractivity (Wildman–Crippen MR) is 78.2 cm³/mol. The second-order valence-corrected chi connectivity index (χ2v) is 6.30. The average molecular weight is 287 g/mol. The summed E-state index contributed by atoms with van der Waals surface area (Å²) in [7, 11) is 0. The molecule has 1 N–H and O–H groups in total. The SMILES string of the molecule is O=C(NCc1cccc2c1OCCCO2)C1C2CCCC21. The van der Waals surface area contributed by atoms with Crippen molar-refractivity contribution in [2.45, 2.75) is 32.2 Å². The van der Waals surface area contributed by atoms with Gasteiger partial charge in [0.15, 0.2) is 11.5 Å². The fourth-order valence-corrected chi connectivity index (χ4v) is 3.90. The Kier molecular flexibility index (Phi) is 3.24. The molecule has 1 amide bonds. The van der Waals surface area contributed by atoms with Crippen molar-refractivity contribution < 1.29 is 14.3 Å². The third kappa shape index (κ3) is 2.37. The lowest BCUT2D eigenvalue weighted by Crippen LogP contribution is -2.26. The average Bonchev–Trinajstić information content (AvgIpc) is 3.10. The minimum absolute atomic E-state index is 0.219. The lowest BCUT2D eigenvalue weighted by molar-refractivity contribution is -0.123. The Labute approximate surface area is 124 Å². The molecule has 2 aliphatic carbocycles. The molecule has 0 aromatic heterocycles. The molecule has 1 aromatic rings. The van der Waals surface area contributed by atoms with Crippen LogP contribution < -0.4 is 14.8 Å². The monoisotopic (exact) mass is 287 g/mol. The first kappa shape index (κ1) is 13.0. The molecule has 4 nitrogen and oxygen atoms in total. The predicted octanol–water partition coefficient (Wildman–Crippen LogP) is 2.51. The molecule has 4 rings (SSSR count). The number of hydrogen-bond donors (Lipinski definition) is 1. The number of carbonyl (C=O) groups is 1. The molecule has 2 unspecified atom stereocenters. The summed E-state index contributed by atoms with van der Waals surface area (Å²) in [5.41, 5.74) is 1.01. The summed E-state index contributed by atoms with van der Waals surface area (Å²) in [6, 6.07) is 5.89. The Hall–Kier alpha value is -1.71.